The summed E-state index contributed by atoms with van der Waals surface area (Å²) in [5, 5.41) is 10.6. The molecule has 0 N–H and O–H groups in total. The Kier molecular flexibility index (Phi) is 2.09. The lowest BCUT2D eigenvalue weighted by atomic mass is 9.97. The maximum Gasteiger partial charge on any atom is 0.205 e. The Labute approximate surface area is 97.3 Å². The first-order chi connectivity index (χ1) is 8.29. The summed E-state index contributed by atoms with van der Waals surface area (Å²) in [6.07, 6.45) is 4.08. The highest BCUT2D eigenvalue weighted by molar-refractivity contribution is 5.72. The summed E-state index contributed by atoms with van der Waals surface area (Å²) in [5.74, 6) is -0.00947. The molecule has 3 rings (SSSR count). The van der Waals surface area contributed by atoms with Crippen molar-refractivity contribution in [3.05, 3.63) is 58.8 Å². The van der Waals surface area contributed by atoms with Crippen molar-refractivity contribution in [1.82, 2.24) is 0 Å². The minimum absolute atomic E-state index is 0.287. The maximum atomic E-state index is 13.3. The molecule has 2 nitrogen and oxygen atoms in total. The molecule has 0 fully saturated rings. The molecule has 1 aliphatic heterocycles. The molecule has 1 atom stereocenters. The molecule has 17 heavy (non-hydrogen) atoms. The second-order valence-electron chi connectivity index (χ2n) is 3.87. The van der Waals surface area contributed by atoms with Crippen molar-refractivity contribution in [2.24, 2.45) is 0 Å². The first kappa shape index (κ1) is 9.86. The van der Waals surface area contributed by atoms with Crippen LogP contribution >= 0.6 is 0 Å². The third-order valence-electron chi connectivity index (χ3n) is 2.86. The van der Waals surface area contributed by atoms with Gasteiger partial charge in [0.2, 0.25) is 5.76 Å². The van der Waals surface area contributed by atoms with E-state index in [0.717, 1.165) is 16.0 Å². The number of nitrogens with zero attached hydrogens (tertiary/aromatic N) is 1. The molecule has 82 valence electrons. The van der Waals surface area contributed by atoms with Crippen LogP contribution in [0.5, 0.6) is 0 Å². The Hall–Kier alpha value is -2.34. The topological polar surface area (TPSA) is 33.0 Å². The molecule has 1 aromatic rings. The number of hydrogen-bond acceptors (Lipinski definition) is 2. The van der Waals surface area contributed by atoms with Crippen molar-refractivity contribution in [2.45, 2.75) is 6.10 Å². The molecule has 1 aromatic carbocycles. The molecule has 1 aliphatic carbocycles. The Morgan fingerprint density at radius 1 is 1.24 bits per heavy atom. The zero-order chi connectivity index (χ0) is 11.8. The highest BCUT2D eigenvalue weighted by Gasteiger charge is 2.22. The Balaban J connectivity index is 2.45. The van der Waals surface area contributed by atoms with Gasteiger partial charge in [-0.1, -0.05) is 18.2 Å². The molecule has 0 saturated heterocycles. The van der Waals surface area contributed by atoms with Gasteiger partial charge in [-0.2, -0.15) is 5.26 Å². The molecule has 0 saturated carbocycles. The fraction of sp³-hybridized carbons (Fsp3) is 0.0714. The number of allylic oxidation sites excluding steroid dienone is 2. The lowest BCUT2D eigenvalue weighted by Gasteiger charge is -2.22. The zero-order valence-corrected chi connectivity index (χ0v) is 8.85. The van der Waals surface area contributed by atoms with Gasteiger partial charge in [0.15, 0.2) is 0 Å². The van der Waals surface area contributed by atoms with Gasteiger partial charge in [-0.25, -0.2) is 4.39 Å². The number of rotatable bonds is 0. The van der Waals surface area contributed by atoms with E-state index in [4.69, 9.17) is 10.00 Å². The number of halogens is 1. The zero-order valence-electron chi connectivity index (χ0n) is 8.85. The number of hydrogen-bond donors (Lipinski definition) is 0. The molecule has 1 unspecified atom stereocenters. The van der Waals surface area contributed by atoms with E-state index in [1.165, 1.54) is 12.2 Å². The summed E-state index contributed by atoms with van der Waals surface area (Å²) in [6.45, 7) is 0. The van der Waals surface area contributed by atoms with Crippen LogP contribution in [0.4, 0.5) is 4.39 Å². The standard InChI is InChI=1S/C14H8FNO/c15-9-5-6-13-12(7-9)10-3-1-2-4-11(10)14(8-16)17-13/h1-7,13H. The number of fused-ring (bicyclic) bond motifs is 2. The summed E-state index contributed by atoms with van der Waals surface area (Å²) in [5.41, 5.74) is 0.764. The van der Waals surface area contributed by atoms with E-state index in [0.29, 0.717) is 0 Å². The summed E-state index contributed by atoms with van der Waals surface area (Å²) >= 11 is 0. The number of ether oxygens (including phenoxy) is 1. The van der Waals surface area contributed by atoms with Crippen molar-refractivity contribution in [2.75, 3.05) is 0 Å². The van der Waals surface area contributed by atoms with Gasteiger partial charge >= 0.3 is 0 Å². The molecule has 0 aromatic heterocycles. The van der Waals surface area contributed by atoms with Crippen LogP contribution in [0.1, 0.15) is 0 Å². The van der Waals surface area contributed by atoms with Gasteiger partial charge in [0, 0.05) is 10.8 Å². The second kappa shape index (κ2) is 3.60. The van der Waals surface area contributed by atoms with Crippen molar-refractivity contribution in [1.29, 1.82) is 5.26 Å². The molecule has 0 bridgehead atoms. The number of nitriles is 1. The molecule has 0 radical (unpaired) electrons. The van der Waals surface area contributed by atoms with E-state index in [-0.39, 0.29) is 17.7 Å². The van der Waals surface area contributed by atoms with E-state index in [9.17, 15) is 4.39 Å². The summed E-state index contributed by atoms with van der Waals surface area (Å²) in [4.78, 5) is 0. The van der Waals surface area contributed by atoms with E-state index in [2.05, 4.69) is 0 Å². The SMILES string of the molecule is N#CC1=c2ccccc2=C2C=C(F)C=CC2O1. The van der Waals surface area contributed by atoms with Crippen LogP contribution in [0.15, 0.2) is 48.3 Å². The molecular formula is C14H8FNO. The molecular weight excluding hydrogens is 217 g/mol. The molecule has 1 heterocycles. The number of benzene rings is 1. The van der Waals surface area contributed by atoms with Gasteiger partial charge in [0.25, 0.3) is 0 Å². The lowest BCUT2D eigenvalue weighted by molar-refractivity contribution is 0.259. The fourth-order valence-corrected chi connectivity index (χ4v) is 2.11. The molecule has 0 amide bonds. The second-order valence-corrected chi connectivity index (χ2v) is 3.87. The van der Waals surface area contributed by atoms with Crippen LogP contribution in [0.25, 0.3) is 11.3 Å². The van der Waals surface area contributed by atoms with Crippen molar-refractivity contribution in [3.8, 4) is 6.07 Å². The molecule has 2 aliphatic rings. The minimum Gasteiger partial charge on any atom is -0.471 e. The first-order valence-corrected chi connectivity index (χ1v) is 5.25. The summed E-state index contributed by atoms with van der Waals surface area (Å²) < 4.78 is 18.8. The van der Waals surface area contributed by atoms with Gasteiger partial charge in [-0.05, 0) is 29.5 Å². The normalized spacial score (nSPS) is 20.9. The van der Waals surface area contributed by atoms with E-state index >= 15 is 0 Å². The van der Waals surface area contributed by atoms with Gasteiger partial charge in [0.05, 0.1) is 0 Å². The van der Waals surface area contributed by atoms with Crippen molar-refractivity contribution >= 4 is 11.3 Å². The highest BCUT2D eigenvalue weighted by atomic mass is 19.1. The van der Waals surface area contributed by atoms with Crippen LogP contribution in [-0.2, 0) is 4.74 Å². The van der Waals surface area contributed by atoms with Gasteiger partial charge in [-0.15, -0.1) is 0 Å². The average molecular weight is 225 g/mol. The van der Waals surface area contributed by atoms with Crippen LogP contribution in [0.3, 0.4) is 0 Å². The van der Waals surface area contributed by atoms with Gasteiger partial charge < -0.3 is 4.74 Å². The highest BCUT2D eigenvalue weighted by Crippen LogP contribution is 2.23. The largest absolute Gasteiger partial charge is 0.471 e. The average Bonchev–Trinajstić information content (AvgIpc) is 2.38. The van der Waals surface area contributed by atoms with E-state index < -0.39 is 0 Å². The van der Waals surface area contributed by atoms with Crippen LogP contribution in [0.2, 0.25) is 0 Å². The summed E-state index contributed by atoms with van der Waals surface area (Å²) in [6, 6.07) is 9.42. The van der Waals surface area contributed by atoms with Crippen LogP contribution in [-0.4, -0.2) is 6.10 Å². The lowest BCUT2D eigenvalue weighted by Crippen LogP contribution is -2.38. The van der Waals surface area contributed by atoms with E-state index in [1.54, 1.807) is 12.1 Å². The third-order valence-corrected chi connectivity index (χ3v) is 2.86. The smallest absolute Gasteiger partial charge is 0.205 e. The molecule has 0 spiro atoms. The van der Waals surface area contributed by atoms with Crippen molar-refractivity contribution < 1.29 is 9.13 Å². The maximum absolute atomic E-state index is 13.3. The van der Waals surface area contributed by atoms with Crippen LogP contribution < -0.4 is 10.4 Å². The molecule has 3 heteroatoms. The fourth-order valence-electron chi connectivity index (χ4n) is 2.11. The Bertz CT molecular complexity index is 706. The third kappa shape index (κ3) is 1.46. The Morgan fingerprint density at radius 2 is 2.00 bits per heavy atom. The van der Waals surface area contributed by atoms with Crippen LogP contribution in [0, 0.1) is 11.3 Å². The monoisotopic (exact) mass is 225 g/mol. The first-order valence-electron chi connectivity index (χ1n) is 5.25. The predicted octanol–water partition coefficient (Wildman–Crippen LogP) is 1.29. The Morgan fingerprint density at radius 3 is 2.76 bits per heavy atom. The summed E-state index contributed by atoms with van der Waals surface area (Å²) in [7, 11) is 0. The van der Waals surface area contributed by atoms with E-state index in [1.807, 2.05) is 24.3 Å². The van der Waals surface area contributed by atoms with Crippen molar-refractivity contribution in [3.63, 3.8) is 0 Å². The quantitative estimate of drug-likeness (QED) is 0.666. The minimum atomic E-state index is -0.362. The van der Waals surface area contributed by atoms with Gasteiger partial charge in [0.1, 0.15) is 18.0 Å². The predicted molar refractivity (Wildman–Crippen MR) is 61.3 cm³/mol. The van der Waals surface area contributed by atoms with Gasteiger partial charge in [-0.3, -0.25) is 0 Å².